The fourth-order valence-corrected chi connectivity index (χ4v) is 1.54. The second kappa shape index (κ2) is 7.85. The van der Waals surface area contributed by atoms with Gasteiger partial charge < -0.3 is 9.84 Å². The van der Waals surface area contributed by atoms with Gasteiger partial charge in [-0.05, 0) is 12.0 Å². The van der Waals surface area contributed by atoms with Crippen LogP contribution in [0.4, 0.5) is 0 Å². The lowest BCUT2D eigenvalue weighted by Crippen LogP contribution is -2.25. The summed E-state index contributed by atoms with van der Waals surface area (Å²) in [4.78, 5) is 11.4. The van der Waals surface area contributed by atoms with Crippen molar-refractivity contribution in [3.05, 3.63) is 35.9 Å². The standard InChI is InChI=1S/C14H20O3/c1-2-3-7-10-17-14(16)13(15)11-12-8-5-4-6-9-12/h4-6,8-9,13,15H,2-3,7,10-11H2,1H3. The molecule has 94 valence electrons. The molecule has 1 aromatic carbocycles. The van der Waals surface area contributed by atoms with E-state index in [9.17, 15) is 9.90 Å². The molecule has 1 unspecified atom stereocenters. The van der Waals surface area contributed by atoms with E-state index in [-0.39, 0.29) is 0 Å². The van der Waals surface area contributed by atoms with Gasteiger partial charge >= 0.3 is 5.97 Å². The molecule has 1 aromatic rings. The Morgan fingerprint density at radius 2 is 2.00 bits per heavy atom. The minimum Gasteiger partial charge on any atom is -0.464 e. The highest BCUT2D eigenvalue weighted by molar-refractivity contribution is 5.74. The molecule has 0 aliphatic heterocycles. The van der Waals surface area contributed by atoms with Crippen molar-refractivity contribution in [3.8, 4) is 0 Å². The summed E-state index contributed by atoms with van der Waals surface area (Å²) in [5, 5.41) is 9.65. The minimum atomic E-state index is -1.06. The van der Waals surface area contributed by atoms with E-state index in [1.807, 2.05) is 30.3 Å². The van der Waals surface area contributed by atoms with Crippen molar-refractivity contribution in [2.75, 3.05) is 6.61 Å². The third kappa shape index (κ3) is 5.50. The van der Waals surface area contributed by atoms with Gasteiger partial charge in [-0.25, -0.2) is 4.79 Å². The number of carbonyl (C=O) groups is 1. The van der Waals surface area contributed by atoms with Gasteiger partial charge in [0, 0.05) is 6.42 Å². The Morgan fingerprint density at radius 3 is 2.65 bits per heavy atom. The van der Waals surface area contributed by atoms with Crippen LogP contribution in [-0.4, -0.2) is 23.8 Å². The van der Waals surface area contributed by atoms with E-state index < -0.39 is 12.1 Å². The molecular weight excluding hydrogens is 216 g/mol. The van der Waals surface area contributed by atoms with Crippen molar-refractivity contribution in [3.63, 3.8) is 0 Å². The molecule has 0 aliphatic rings. The van der Waals surface area contributed by atoms with Crippen LogP contribution in [0.5, 0.6) is 0 Å². The van der Waals surface area contributed by atoms with Crippen molar-refractivity contribution < 1.29 is 14.6 Å². The SMILES string of the molecule is CCCCCOC(=O)C(O)Cc1ccccc1. The summed E-state index contributed by atoms with van der Waals surface area (Å²) < 4.78 is 4.99. The Labute approximate surface area is 102 Å². The number of carbonyl (C=O) groups excluding carboxylic acids is 1. The fraction of sp³-hybridized carbons (Fsp3) is 0.500. The Hall–Kier alpha value is -1.35. The van der Waals surface area contributed by atoms with Crippen molar-refractivity contribution in [2.45, 2.75) is 38.7 Å². The molecule has 1 N–H and O–H groups in total. The van der Waals surface area contributed by atoms with Crippen molar-refractivity contribution in [2.24, 2.45) is 0 Å². The average Bonchev–Trinajstić information content (AvgIpc) is 2.35. The summed E-state index contributed by atoms with van der Waals surface area (Å²) >= 11 is 0. The van der Waals surface area contributed by atoms with Crippen molar-refractivity contribution in [1.29, 1.82) is 0 Å². The van der Waals surface area contributed by atoms with Gasteiger partial charge in [-0.3, -0.25) is 0 Å². The Balaban J connectivity index is 2.27. The highest BCUT2D eigenvalue weighted by Crippen LogP contribution is 2.05. The number of esters is 1. The van der Waals surface area contributed by atoms with Crippen LogP contribution in [0.2, 0.25) is 0 Å². The molecule has 1 atom stereocenters. The lowest BCUT2D eigenvalue weighted by Gasteiger charge is -2.10. The predicted molar refractivity (Wildman–Crippen MR) is 66.6 cm³/mol. The topological polar surface area (TPSA) is 46.5 Å². The van der Waals surface area contributed by atoms with Crippen LogP contribution >= 0.6 is 0 Å². The molecule has 3 heteroatoms. The predicted octanol–water partition coefficient (Wildman–Crippen LogP) is 2.32. The first-order chi connectivity index (χ1) is 8.24. The van der Waals surface area contributed by atoms with E-state index in [4.69, 9.17) is 4.74 Å². The zero-order chi connectivity index (χ0) is 12.5. The molecule has 3 nitrogen and oxygen atoms in total. The summed E-state index contributed by atoms with van der Waals surface area (Å²) in [6, 6.07) is 9.43. The van der Waals surface area contributed by atoms with Gasteiger partial charge in [0.2, 0.25) is 0 Å². The fourth-order valence-electron chi connectivity index (χ4n) is 1.54. The maximum atomic E-state index is 11.4. The Kier molecular flexibility index (Phi) is 6.33. The summed E-state index contributed by atoms with van der Waals surface area (Å²) in [5.74, 6) is -0.523. The molecular formula is C14H20O3. The van der Waals surface area contributed by atoms with Gasteiger partial charge in [0.1, 0.15) is 0 Å². The summed E-state index contributed by atoms with van der Waals surface area (Å²) in [6.45, 7) is 2.49. The molecule has 0 saturated carbocycles. The number of unbranched alkanes of at least 4 members (excludes halogenated alkanes) is 2. The zero-order valence-corrected chi connectivity index (χ0v) is 10.3. The molecule has 0 fully saturated rings. The quantitative estimate of drug-likeness (QED) is 0.584. The second-order valence-electron chi connectivity index (χ2n) is 4.08. The number of rotatable bonds is 7. The minimum absolute atomic E-state index is 0.313. The van der Waals surface area contributed by atoms with E-state index in [0.717, 1.165) is 24.8 Å². The first-order valence-corrected chi connectivity index (χ1v) is 6.12. The number of benzene rings is 1. The molecule has 0 amide bonds. The molecule has 0 aromatic heterocycles. The van der Waals surface area contributed by atoms with Gasteiger partial charge in [-0.1, -0.05) is 50.1 Å². The molecule has 1 rings (SSSR count). The van der Waals surface area contributed by atoms with Crippen LogP contribution < -0.4 is 0 Å². The van der Waals surface area contributed by atoms with Crippen molar-refractivity contribution >= 4 is 5.97 Å². The third-order valence-corrected chi connectivity index (χ3v) is 2.54. The van der Waals surface area contributed by atoms with E-state index in [0.29, 0.717) is 13.0 Å². The smallest absolute Gasteiger partial charge is 0.335 e. The Morgan fingerprint density at radius 1 is 1.29 bits per heavy atom. The van der Waals surface area contributed by atoms with Crippen molar-refractivity contribution in [1.82, 2.24) is 0 Å². The average molecular weight is 236 g/mol. The van der Waals surface area contributed by atoms with Gasteiger partial charge in [-0.2, -0.15) is 0 Å². The first-order valence-electron chi connectivity index (χ1n) is 6.12. The first kappa shape index (κ1) is 13.7. The summed E-state index contributed by atoms with van der Waals surface area (Å²) in [5.41, 5.74) is 0.936. The highest BCUT2D eigenvalue weighted by Gasteiger charge is 2.16. The number of aliphatic hydroxyl groups excluding tert-OH is 1. The molecule has 17 heavy (non-hydrogen) atoms. The molecule has 0 heterocycles. The lowest BCUT2D eigenvalue weighted by atomic mass is 10.1. The van der Waals surface area contributed by atoms with Gasteiger partial charge in [0.25, 0.3) is 0 Å². The monoisotopic (exact) mass is 236 g/mol. The van der Waals surface area contributed by atoms with E-state index in [2.05, 4.69) is 6.92 Å². The molecule has 0 aliphatic carbocycles. The number of hydrogen-bond acceptors (Lipinski definition) is 3. The summed E-state index contributed by atoms with van der Waals surface area (Å²) in [7, 11) is 0. The maximum absolute atomic E-state index is 11.4. The van der Waals surface area contributed by atoms with E-state index in [1.54, 1.807) is 0 Å². The molecule has 0 saturated heterocycles. The molecule has 0 bridgehead atoms. The number of ether oxygens (including phenoxy) is 1. The van der Waals surface area contributed by atoms with E-state index >= 15 is 0 Å². The van der Waals surface area contributed by atoms with Gasteiger partial charge in [0.15, 0.2) is 6.10 Å². The summed E-state index contributed by atoms with van der Waals surface area (Å²) in [6.07, 6.45) is 2.25. The molecule has 0 spiro atoms. The normalized spacial score (nSPS) is 12.1. The van der Waals surface area contributed by atoms with E-state index in [1.165, 1.54) is 0 Å². The lowest BCUT2D eigenvalue weighted by molar-refractivity contribution is -0.153. The van der Waals surface area contributed by atoms with Crippen LogP contribution in [0, 0.1) is 0 Å². The largest absolute Gasteiger partial charge is 0.464 e. The second-order valence-corrected chi connectivity index (χ2v) is 4.08. The van der Waals surface area contributed by atoms with Crippen LogP contribution in [0.3, 0.4) is 0 Å². The maximum Gasteiger partial charge on any atom is 0.335 e. The highest BCUT2D eigenvalue weighted by atomic mass is 16.5. The number of aliphatic hydroxyl groups is 1. The van der Waals surface area contributed by atoms with Gasteiger partial charge in [0.05, 0.1) is 6.61 Å². The Bertz CT molecular complexity index is 321. The van der Waals surface area contributed by atoms with Crippen LogP contribution in [0.25, 0.3) is 0 Å². The van der Waals surface area contributed by atoms with Crippen LogP contribution in [-0.2, 0) is 16.0 Å². The van der Waals surface area contributed by atoms with Gasteiger partial charge in [-0.15, -0.1) is 0 Å². The van der Waals surface area contributed by atoms with Crippen LogP contribution in [0.1, 0.15) is 31.7 Å². The third-order valence-electron chi connectivity index (χ3n) is 2.54. The number of hydrogen-bond donors (Lipinski definition) is 1. The molecule has 0 radical (unpaired) electrons. The van der Waals surface area contributed by atoms with Crippen LogP contribution in [0.15, 0.2) is 30.3 Å². The zero-order valence-electron chi connectivity index (χ0n) is 10.3.